The Morgan fingerprint density at radius 1 is 1.17 bits per heavy atom. The van der Waals surface area contributed by atoms with Crippen LogP contribution in [0.1, 0.15) is 18.4 Å². The fourth-order valence-electron chi connectivity index (χ4n) is 3.55. The van der Waals surface area contributed by atoms with Crippen LogP contribution in [0.3, 0.4) is 0 Å². The number of pyridine rings is 1. The van der Waals surface area contributed by atoms with E-state index in [0.717, 1.165) is 29.6 Å². The highest BCUT2D eigenvalue weighted by Gasteiger charge is 2.25. The van der Waals surface area contributed by atoms with Gasteiger partial charge in [0.05, 0.1) is 11.7 Å². The van der Waals surface area contributed by atoms with E-state index in [-0.39, 0.29) is 5.70 Å². The van der Waals surface area contributed by atoms with E-state index in [4.69, 9.17) is 4.98 Å². The molecule has 1 saturated carbocycles. The van der Waals surface area contributed by atoms with Gasteiger partial charge >= 0.3 is 6.03 Å². The zero-order chi connectivity index (χ0) is 20.2. The van der Waals surface area contributed by atoms with Crippen molar-refractivity contribution >= 4 is 40.4 Å². The summed E-state index contributed by atoms with van der Waals surface area (Å²) in [7, 11) is 0. The van der Waals surface area contributed by atoms with E-state index in [1.165, 1.54) is 0 Å². The first-order chi connectivity index (χ1) is 14.7. The van der Waals surface area contributed by atoms with E-state index in [1.54, 1.807) is 23.0 Å². The van der Waals surface area contributed by atoms with Gasteiger partial charge in [0.2, 0.25) is 0 Å². The summed E-state index contributed by atoms with van der Waals surface area (Å²) >= 11 is 0. The quantitative estimate of drug-likeness (QED) is 0.355. The number of carbonyl (C=O) groups excluding carboxylic acids is 2. The molecular formula is C20H16N8O2. The number of nitrogens with one attached hydrogen (secondary N) is 3. The highest BCUT2D eigenvalue weighted by Crippen LogP contribution is 2.28. The Balaban J connectivity index is 1.54. The number of carbonyl (C=O) groups is 2. The molecular weight excluding hydrogens is 384 g/mol. The van der Waals surface area contributed by atoms with E-state index in [9.17, 15) is 9.59 Å². The number of rotatable bonds is 4. The fraction of sp³-hybridized carbons (Fsp3) is 0.150. The number of hydrogen-bond donors (Lipinski definition) is 3. The largest absolute Gasteiger partial charge is 0.367 e. The van der Waals surface area contributed by atoms with Crippen molar-refractivity contribution in [3.8, 4) is 5.82 Å². The number of hydrogen-bond acceptors (Lipinski definition) is 6. The van der Waals surface area contributed by atoms with E-state index in [2.05, 4.69) is 26.0 Å². The summed E-state index contributed by atoms with van der Waals surface area (Å²) in [5.74, 6) is 1.06. The van der Waals surface area contributed by atoms with Gasteiger partial charge < -0.3 is 15.2 Å². The molecule has 3 amide bonds. The number of amides is 3. The molecule has 30 heavy (non-hydrogen) atoms. The van der Waals surface area contributed by atoms with Crippen molar-refractivity contribution < 1.29 is 9.59 Å². The third kappa shape index (κ3) is 2.69. The van der Waals surface area contributed by atoms with E-state index in [1.807, 2.05) is 35.2 Å². The topological polar surface area (TPSA) is 118 Å². The monoisotopic (exact) mass is 400 g/mol. The van der Waals surface area contributed by atoms with Gasteiger partial charge in [-0.1, -0.05) is 0 Å². The van der Waals surface area contributed by atoms with E-state index < -0.39 is 11.9 Å². The fourth-order valence-corrected chi connectivity index (χ4v) is 3.55. The van der Waals surface area contributed by atoms with E-state index >= 15 is 0 Å². The lowest BCUT2D eigenvalue weighted by Gasteiger charge is -2.11. The average Bonchev–Trinajstić information content (AvgIpc) is 3.16. The summed E-state index contributed by atoms with van der Waals surface area (Å²) in [6.07, 6.45) is 10.9. The van der Waals surface area contributed by atoms with Crippen molar-refractivity contribution in [3.05, 3.63) is 54.2 Å². The Kier molecular flexibility index (Phi) is 3.42. The zero-order valence-electron chi connectivity index (χ0n) is 15.7. The van der Waals surface area contributed by atoms with Gasteiger partial charge in [0.25, 0.3) is 5.91 Å². The predicted molar refractivity (Wildman–Crippen MR) is 109 cm³/mol. The average molecular weight is 400 g/mol. The van der Waals surface area contributed by atoms with Crippen LogP contribution in [0.5, 0.6) is 0 Å². The molecule has 3 N–H and O–H groups in total. The van der Waals surface area contributed by atoms with Gasteiger partial charge in [-0.25, -0.2) is 9.78 Å². The Morgan fingerprint density at radius 2 is 2.07 bits per heavy atom. The van der Waals surface area contributed by atoms with Crippen LogP contribution >= 0.6 is 0 Å². The van der Waals surface area contributed by atoms with Gasteiger partial charge in [-0.15, -0.1) is 0 Å². The molecule has 1 saturated heterocycles. The molecule has 0 aromatic carbocycles. The van der Waals surface area contributed by atoms with Gasteiger partial charge in [-0.05, 0) is 31.1 Å². The van der Waals surface area contributed by atoms with Crippen LogP contribution in [0.2, 0.25) is 0 Å². The normalized spacial score (nSPS) is 17.7. The Hall–Kier alpha value is -4.21. The Bertz CT molecular complexity index is 1380. The third-order valence-electron chi connectivity index (χ3n) is 5.17. The molecule has 10 heteroatoms. The SMILES string of the molecule is O=C1NC(=O)/C(=C/c2cnn3c(NC4CC4)cc(-n4ccc5cnccc54)nc23)N1. The first kappa shape index (κ1) is 16.7. The molecule has 4 aromatic rings. The third-order valence-corrected chi connectivity index (χ3v) is 5.17. The second kappa shape index (κ2) is 6.14. The highest BCUT2D eigenvalue weighted by atomic mass is 16.2. The highest BCUT2D eigenvalue weighted by molar-refractivity contribution is 6.14. The molecule has 6 rings (SSSR count). The number of nitrogens with zero attached hydrogens (tertiary/aromatic N) is 5. The summed E-state index contributed by atoms with van der Waals surface area (Å²) in [4.78, 5) is 32.4. The van der Waals surface area contributed by atoms with Crippen molar-refractivity contribution in [3.63, 3.8) is 0 Å². The van der Waals surface area contributed by atoms with Gasteiger partial charge in [0, 0.05) is 41.6 Å². The number of aromatic nitrogens is 5. The van der Waals surface area contributed by atoms with Gasteiger partial charge in [0.15, 0.2) is 5.65 Å². The Labute approximate surface area is 169 Å². The molecule has 148 valence electrons. The van der Waals surface area contributed by atoms with Crippen LogP contribution in [0.15, 0.2) is 48.7 Å². The second-order valence-electron chi connectivity index (χ2n) is 7.34. The molecule has 1 aliphatic heterocycles. The summed E-state index contributed by atoms with van der Waals surface area (Å²) in [5.41, 5.74) is 2.35. The van der Waals surface area contributed by atoms with Crippen LogP contribution < -0.4 is 16.0 Å². The van der Waals surface area contributed by atoms with Gasteiger partial charge in [-0.3, -0.25) is 15.1 Å². The van der Waals surface area contributed by atoms with Crippen LogP contribution in [-0.2, 0) is 4.79 Å². The first-order valence-corrected chi connectivity index (χ1v) is 9.56. The summed E-state index contributed by atoms with van der Waals surface area (Å²) in [6, 6.07) is 5.76. The van der Waals surface area contributed by atoms with Crippen LogP contribution in [0.25, 0.3) is 28.4 Å². The van der Waals surface area contributed by atoms with Crippen molar-refractivity contribution in [2.75, 3.05) is 5.32 Å². The molecule has 0 bridgehead atoms. The molecule has 5 heterocycles. The van der Waals surface area contributed by atoms with Crippen molar-refractivity contribution in [1.29, 1.82) is 0 Å². The lowest BCUT2D eigenvalue weighted by Crippen LogP contribution is -2.22. The standard InChI is InChI=1S/C20H16N8O2/c29-19-14(24-20(30)26-19)7-12-10-22-28-17(23-13-1-2-13)8-16(25-18(12)28)27-6-4-11-9-21-5-3-15(11)27/h3-10,13,23H,1-2H2,(H2,24,26,29,30)/b14-7-. The molecule has 4 aromatic heterocycles. The van der Waals surface area contributed by atoms with Crippen LogP contribution in [0.4, 0.5) is 10.6 Å². The minimum absolute atomic E-state index is 0.163. The maximum Gasteiger partial charge on any atom is 0.326 e. The number of anilines is 1. The molecule has 1 aliphatic carbocycles. The minimum atomic E-state index is -0.542. The maximum absolute atomic E-state index is 11.9. The number of fused-ring (bicyclic) bond motifs is 2. The van der Waals surface area contributed by atoms with Gasteiger partial charge in [0.1, 0.15) is 17.3 Å². The lowest BCUT2D eigenvalue weighted by molar-refractivity contribution is -0.115. The molecule has 2 fully saturated rings. The molecule has 0 unspecified atom stereocenters. The summed E-state index contributed by atoms with van der Waals surface area (Å²) in [5, 5.41) is 13.7. The molecule has 0 spiro atoms. The zero-order valence-corrected chi connectivity index (χ0v) is 15.7. The van der Waals surface area contributed by atoms with Crippen molar-refractivity contribution in [2.24, 2.45) is 0 Å². The second-order valence-corrected chi connectivity index (χ2v) is 7.34. The summed E-state index contributed by atoms with van der Waals surface area (Å²) in [6.45, 7) is 0. The molecule has 0 atom stereocenters. The maximum atomic E-state index is 11.9. The summed E-state index contributed by atoms with van der Waals surface area (Å²) < 4.78 is 3.71. The predicted octanol–water partition coefficient (Wildman–Crippen LogP) is 1.82. The van der Waals surface area contributed by atoms with Crippen LogP contribution in [-0.4, -0.2) is 42.1 Å². The number of imide groups is 1. The molecule has 2 aliphatic rings. The van der Waals surface area contributed by atoms with Crippen molar-refractivity contribution in [2.45, 2.75) is 18.9 Å². The lowest BCUT2D eigenvalue weighted by atomic mass is 10.2. The van der Waals surface area contributed by atoms with E-state index in [0.29, 0.717) is 23.1 Å². The smallest absolute Gasteiger partial charge is 0.326 e. The van der Waals surface area contributed by atoms with Crippen molar-refractivity contribution in [1.82, 2.24) is 34.8 Å². The molecule has 0 radical (unpaired) electrons. The first-order valence-electron chi connectivity index (χ1n) is 9.56. The van der Waals surface area contributed by atoms with Crippen LogP contribution in [0, 0.1) is 0 Å². The molecule has 10 nitrogen and oxygen atoms in total. The van der Waals surface area contributed by atoms with Gasteiger partial charge in [-0.2, -0.15) is 9.61 Å². The Morgan fingerprint density at radius 3 is 2.87 bits per heavy atom. The number of urea groups is 1. The minimum Gasteiger partial charge on any atom is -0.367 e.